The first-order valence-corrected chi connectivity index (χ1v) is 9.56. The van der Waals surface area contributed by atoms with Crippen molar-refractivity contribution in [2.24, 2.45) is 0 Å². The zero-order chi connectivity index (χ0) is 18.7. The van der Waals surface area contributed by atoms with E-state index in [0.29, 0.717) is 13.1 Å². The molecule has 138 valence electrons. The Kier molecular flexibility index (Phi) is 5.10. The molecule has 2 heterocycles. The Hall–Kier alpha value is -2.65. The number of nitrogens with one attached hydrogen (secondary N) is 1. The minimum absolute atomic E-state index is 0.0999. The fraction of sp³-hybridized carbons (Fsp3) is 0.294. The molecule has 1 amide bonds. The predicted octanol–water partition coefficient (Wildman–Crippen LogP) is 2.40. The molecule has 1 saturated heterocycles. The van der Waals surface area contributed by atoms with E-state index in [1.807, 2.05) is 0 Å². The SMILES string of the molecule is O=C(O)c1ccc(C(=O)Nc2cccc(S(=O)(=O)N3CCCCC3)c2)o1. The summed E-state index contributed by atoms with van der Waals surface area (Å²) >= 11 is 0. The summed E-state index contributed by atoms with van der Waals surface area (Å²) in [5.74, 6) is -2.47. The third-order valence-electron chi connectivity index (χ3n) is 4.09. The number of rotatable bonds is 5. The highest BCUT2D eigenvalue weighted by Crippen LogP contribution is 2.23. The van der Waals surface area contributed by atoms with E-state index in [-0.39, 0.29) is 22.1 Å². The number of nitrogens with zero attached hydrogens (tertiary/aromatic N) is 1. The largest absolute Gasteiger partial charge is 0.475 e. The van der Waals surface area contributed by atoms with Crippen molar-refractivity contribution in [2.45, 2.75) is 24.2 Å². The number of hydrogen-bond donors (Lipinski definition) is 2. The minimum atomic E-state index is -3.61. The van der Waals surface area contributed by atoms with Crippen molar-refractivity contribution in [1.82, 2.24) is 4.31 Å². The monoisotopic (exact) mass is 378 g/mol. The number of benzene rings is 1. The molecule has 1 aromatic carbocycles. The summed E-state index contributed by atoms with van der Waals surface area (Å²) in [6, 6.07) is 8.37. The van der Waals surface area contributed by atoms with Crippen LogP contribution in [-0.4, -0.2) is 42.8 Å². The molecule has 1 aliphatic rings. The lowest BCUT2D eigenvalue weighted by Gasteiger charge is -2.26. The Morgan fingerprint density at radius 1 is 1.04 bits per heavy atom. The van der Waals surface area contributed by atoms with Crippen molar-refractivity contribution in [3.8, 4) is 0 Å². The molecule has 1 aromatic heterocycles. The van der Waals surface area contributed by atoms with Crippen molar-refractivity contribution >= 4 is 27.6 Å². The molecule has 3 rings (SSSR count). The number of sulfonamides is 1. The van der Waals surface area contributed by atoms with E-state index >= 15 is 0 Å². The van der Waals surface area contributed by atoms with E-state index in [2.05, 4.69) is 5.32 Å². The number of carbonyl (C=O) groups excluding carboxylic acids is 1. The van der Waals surface area contributed by atoms with Crippen LogP contribution in [0.4, 0.5) is 5.69 Å². The first kappa shape index (κ1) is 18.2. The third-order valence-corrected chi connectivity index (χ3v) is 5.98. The van der Waals surface area contributed by atoms with Crippen molar-refractivity contribution < 1.29 is 27.5 Å². The van der Waals surface area contributed by atoms with Crippen molar-refractivity contribution in [3.05, 3.63) is 47.9 Å². The lowest BCUT2D eigenvalue weighted by atomic mass is 10.2. The van der Waals surface area contributed by atoms with Gasteiger partial charge in [0.05, 0.1) is 4.90 Å². The highest BCUT2D eigenvalue weighted by atomic mass is 32.2. The van der Waals surface area contributed by atoms with Gasteiger partial charge < -0.3 is 14.8 Å². The molecule has 9 heteroatoms. The third kappa shape index (κ3) is 3.78. The summed E-state index contributed by atoms with van der Waals surface area (Å²) < 4.78 is 31.8. The maximum atomic E-state index is 12.7. The number of carbonyl (C=O) groups is 2. The molecule has 8 nitrogen and oxygen atoms in total. The molecule has 0 spiro atoms. The van der Waals surface area contributed by atoms with Crippen LogP contribution in [0.5, 0.6) is 0 Å². The maximum absolute atomic E-state index is 12.7. The number of amides is 1. The zero-order valence-electron chi connectivity index (χ0n) is 13.8. The first-order chi connectivity index (χ1) is 12.4. The van der Waals surface area contributed by atoms with E-state index in [4.69, 9.17) is 9.52 Å². The predicted molar refractivity (Wildman–Crippen MR) is 92.7 cm³/mol. The number of carboxylic acids is 1. The van der Waals surface area contributed by atoms with Gasteiger partial charge in [-0.2, -0.15) is 4.31 Å². The van der Waals surface area contributed by atoms with Crippen LogP contribution >= 0.6 is 0 Å². The summed E-state index contributed by atoms with van der Waals surface area (Å²) in [4.78, 5) is 23.1. The summed E-state index contributed by atoms with van der Waals surface area (Å²) in [6.07, 6.45) is 2.68. The van der Waals surface area contributed by atoms with Crippen molar-refractivity contribution in [3.63, 3.8) is 0 Å². The van der Waals surface area contributed by atoms with Crippen LogP contribution in [0.25, 0.3) is 0 Å². The smallest absolute Gasteiger partial charge is 0.371 e. The van der Waals surface area contributed by atoms with Crippen LogP contribution in [-0.2, 0) is 10.0 Å². The van der Waals surface area contributed by atoms with E-state index in [9.17, 15) is 18.0 Å². The maximum Gasteiger partial charge on any atom is 0.371 e. The van der Waals surface area contributed by atoms with Crippen molar-refractivity contribution in [2.75, 3.05) is 18.4 Å². The standard InChI is InChI=1S/C17H18N2O6S/c20-16(14-7-8-15(25-14)17(21)22)18-12-5-4-6-13(11-12)26(23,24)19-9-2-1-3-10-19/h4-8,11H,1-3,9-10H2,(H,18,20)(H,21,22). The highest BCUT2D eigenvalue weighted by molar-refractivity contribution is 7.89. The lowest BCUT2D eigenvalue weighted by Crippen LogP contribution is -2.35. The number of aromatic carboxylic acids is 1. The molecule has 0 aliphatic carbocycles. The van der Waals surface area contributed by atoms with Gasteiger partial charge in [0.1, 0.15) is 0 Å². The summed E-state index contributed by atoms with van der Waals surface area (Å²) in [7, 11) is -3.61. The molecule has 2 N–H and O–H groups in total. The van der Waals surface area contributed by atoms with Gasteiger partial charge in [-0.25, -0.2) is 13.2 Å². The molecule has 1 aliphatic heterocycles. The van der Waals surface area contributed by atoms with E-state index < -0.39 is 21.9 Å². The summed E-state index contributed by atoms with van der Waals surface area (Å²) in [5, 5.41) is 11.3. The fourth-order valence-electron chi connectivity index (χ4n) is 2.76. The molecule has 1 fully saturated rings. The minimum Gasteiger partial charge on any atom is -0.475 e. The summed E-state index contributed by atoms with van der Waals surface area (Å²) in [6.45, 7) is 0.979. The van der Waals surface area contributed by atoms with Crippen LogP contribution in [0, 0.1) is 0 Å². The van der Waals surface area contributed by atoms with Gasteiger partial charge in [-0.15, -0.1) is 0 Å². The molecule has 26 heavy (non-hydrogen) atoms. The number of piperidine rings is 1. The molecular weight excluding hydrogens is 360 g/mol. The van der Waals surface area contributed by atoms with E-state index in [1.54, 1.807) is 6.07 Å². The number of furan rings is 1. The Morgan fingerprint density at radius 2 is 1.73 bits per heavy atom. The van der Waals surface area contributed by atoms with Gasteiger partial charge in [0, 0.05) is 18.8 Å². The second-order valence-electron chi connectivity index (χ2n) is 5.92. The highest BCUT2D eigenvalue weighted by Gasteiger charge is 2.26. The first-order valence-electron chi connectivity index (χ1n) is 8.12. The number of hydrogen-bond acceptors (Lipinski definition) is 5. The van der Waals surface area contributed by atoms with Gasteiger partial charge in [0.15, 0.2) is 5.76 Å². The van der Waals surface area contributed by atoms with Gasteiger partial charge in [0.25, 0.3) is 5.91 Å². The Labute approximate surface area is 150 Å². The van der Waals surface area contributed by atoms with Gasteiger partial charge in [-0.05, 0) is 43.2 Å². The summed E-state index contributed by atoms with van der Waals surface area (Å²) in [5.41, 5.74) is 0.279. The molecule has 2 aromatic rings. The van der Waals surface area contributed by atoms with Crippen LogP contribution in [0.2, 0.25) is 0 Å². The number of carboxylic acid groups (broad SMARTS) is 1. The Morgan fingerprint density at radius 3 is 2.38 bits per heavy atom. The molecule has 0 atom stereocenters. The van der Waals surface area contributed by atoms with Gasteiger partial charge in [-0.1, -0.05) is 12.5 Å². The molecule has 0 bridgehead atoms. The average Bonchev–Trinajstić information content (AvgIpc) is 3.13. The normalized spacial score (nSPS) is 15.5. The fourth-order valence-corrected chi connectivity index (χ4v) is 4.32. The lowest BCUT2D eigenvalue weighted by molar-refractivity contribution is 0.0660. The quantitative estimate of drug-likeness (QED) is 0.825. The zero-order valence-corrected chi connectivity index (χ0v) is 14.7. The molecule has 0 unspecified atom stereocenters. The van der Waals surface area contributed by atoms with Crippen LogP contribution in [0.15, 0.2) is 45.7 Å². The van der Waals surface area contributed by atoms with E-state index in [1.165, 1.54) is 34.6 Å². The van der Waals surface area contributed by atoms with Crippen LogP contribution in [0.3, 0.4) is 0 Å². The second kappa shape index (κ2) is 7.30. The second-order valence-corrected chi connectivity index (χ2v) is 7.85. The van der Waals surface area contributed by atoms with Gasteiger partial charge in [-0.3, -0.25) is 4.79 Å². The number of anilines is 1. The van der Waals surface area contributed by atoms with Crippen LogP contribution in [0.1, 0.15) is 40.4 Å². The Bertz CT molecular complexity index is 928. The average molecular weight is 378 g/mol. The Balaban J connectivity index is 1.78. The van der Waals surface area contributed by atoms with Crippen molar-refractivity contribution in [1.29, 1.82) is 0 Å². The topological polar surface area (TPSA) is 117 Å². The molecule has 0 saturated carbocycles. The van der Waals surface area contributed by atoms with Crippen LogP contribution < -0.4 is 5.32 Å². The van der Waals surface area contributed by atoms with Gasteiger partial charge in [0.2, 0.25) is 15.8 Å². The van der Waals surface area contributed by atoms with Gasteiger partial charge >= 0.3 is 5.97 Å². The van der Waals surface area contributed by atoms with E-state index in [0.717, 1.165) is 19.3 Å². The molecule has 0 radical (unpaired) electrons. The molecular formula is C17H18N2O6S.